The number of benzene rings is 1. The molecular weight excluding hydrogens is 370 g/mol. The number of carbonyl (C=O) groups excluding carboxylic acids is 2. The minimum Gasteiger partial charge on any atom is -0.449 e. The van der Waals surface area contributed by atoms with Crippen molar-refractivity contribution in [2.45, 2.75) is 64.4 Å². The van der Waals surface area contributed by atoms with Crippen LogP contribution in [0.4, 0.5) is 0 Å². The van der Waals surface area contributed by atoms with E-state index < -0.39 is 8.32 Å². The number of carbonyl (C=O) groups is 2. The molecule has 28 heavy (non-hydrogen) atoms. The Balaban J connectivity index is 1.82. The third kappa shape index (κ3) is 5.46. The monoisotopic (exact) mass is 401 g/mol. The number of esters is 1. The van der Waals surface area contributed by atoms with E-state index in [2.05, 4.69) is 51.0 Å². The van der Waals surface area contributed by atoms with Crippen molar-refractivity contribution in [1.82, 2.24) is 5.32 Å². The van der Waals surface area contributed by atoms with Crippen LogP contribution in [-0.4, -0.2) is 38.9 Å². The van der Waals surface area contributed by atoms with Crippen LogP contribution in [0.3, 0.4) is 0 Å². The molecule has 0 radical (unpaired) electrons. The zero-order valence-corrected chi connectivity index (χ0v) is 18.7. The van der Waals surface area contributed by atoms with Crippen LogP contribution in [0.15, 0.2) is 30.3 Å². The molecule has 1 aromatic carbocycles. The van der Waals surface area contributed by atoms with E-state index in [1.165, 1.54) is 0 Å². The summed E-state index contributed by atoms with van der Waals surface area (Å²) in [4.78, 5) is 23.9. The Morgan fingerprint density at radius 2 is 1.86 bits per heavy atom. The topological polar surface area (TPSA) is 64.6 Å². The van der Waals surface area contributed by atoms with Crippen molar-refractivity contribution in [3.8, 4) is 11.8 Å². The largest absolute Gasteiger partial charge is 0.449 e. The highest BCUT2D eigenvalue weighted by atomic mass is 28.4. The maximum Gasteiger partial charge on any atom is 0.339 e. The second-order valence-electron chi connectivity index (χ2n) is 8.72. The van der Waals surface area contributed by atoms with Gasteiger partial charge in [-0.25, -0.2) is 4.79 Å². The minimum absolute atomic E-state index is 0.0218. The Labute approximate surface area is 169 Å². The van der Waals surface area contributed by atoms with Gasteiger partial charge < -0.3 is 14.5 Å². The average molecular weight is 402 g/mol. The average Bonchev–Trinajstić information content (AvgIpc) is 2.59. The molecule has 2 rings (SSSR count). The van der Waals surface area contributed by atoms with Gasteiger partial charge >= 0.3 is 5.97 Å². The van der Waals surface area contributed by atoms with Gasteiger partial charge in [-0.05, 0) is 37.2 Å². The lowest BCUT2D eigenvalue weighted by molar-refractivity contribution is -0.139. The number of amides is 1. The summed E-state index contributed by atoms with van der Waals surface area (Å²) in [6.45, 7) is 13.0. The van der Waals surface area contributed by atoms with Gasteiger partial charge in [0.2, 0.25) is 5.91 Å². The lowest BCUT2D eigenvalue weighted by Gasteiger charge is -2.45. The SMILES string of the molecule is C[C@@H](O[Si](C)(C)C(C)(C)C)[C@H]1C(=O)N[C@@H]1CC#CCOC(=O)c1ccccc1. The quantitative estimate of drug-likeness (QED) is 0.341. The molecule has 0 bridgehead atoms. The molecule has 1 N–H and O–H groups in total. The van der Waals surface area contributed by atoms with Crippen LogP contribution in [0.25, 0.3) is 0 Å². The maximum atomic E-state index is 12.1. The molecule has 152 valence electrons. The van der Waals surface area contributed by atoms with E-state index in [-0.39, 0.29) is 41.6 Å². The molecule has 0 aliphatic carbocycles. The molecule has 0 aromatic heterocycles. The molecular formula is C22H31NO4Si. The summed E-state index contributed by atoms with van der Waals surface area (Å²) in [5.74, 6) is 5.31. The van der Waals surface area contributed by atoms with E-state index in [1.807, 2.05) is 13.0 Å². The summed E-state index contributed by atoms with van der Waals surface area (Å²) in [7, 11) is -1.93. The van der Waals surface area contributed by atoms with Crippen LogP contribution in [0.2, 0.25) is 18.1 Å². The standard InChI is InChI=1S/C22H31NO4Si/c1-16(27-28(5,6)22(2,3)4)19-18(23-20(19)24)14-10-11-15-26-21(25)17-12-8-7-9-13-17/h7-9,12-13,16,18-19H,14-15H2,1-6H3,(H,23,24)/t16-,18-,19-/m1/s1. The molecule has 0 unspecified atom stereocenters. The second-order valence-corrected chi connectivity index (χ2v) is 13.5. The van der Waals surface area contributed by atoms with Crippen molar-refractivity contribution in [3.05, 3.63) is 35.9 Å². The van der Waals surface area contributed by atoms with Gasteiger partial charge in [0, 0.05) is 6.42 Å². The molecule has 1 heterocycles. The first-order chi connectivity index (χ1) is 13.0. The van der Waals surface area contributed by atoms with E-state index in [0.717, 1.165) is 0 Å². The van der Waals surface area contributed by atoms with Gasteiger partial charge in [0.05, 0.1) is 23.6 Å². The van der Waals surface area contributed by atoms with Gasteiger partial charge in [-0.2, -0.15) is 0 Å². The van der Waals surface area contributed by atoms with Crippen molar-refractivity contribution in [3.63, 3.8) is 0 Å². The predicted molar refractivity (Wildman–Crippen MR) is 112 cm³/mol. The molecule has 5 nitrogen and oxygen atoms in total. The minimum atomic E-state index is -1.93. The normalized spacial score (nSPS) is 20.3. The van der Waals surface area contributed by atoms with Crippen LogP contribution < -0.4 is 5.32 Å². The van der Waals surface area contributed by atoms with E-state index in [1.54, 1.807) is 24.3 Å². The van der Waals surface area contributed by atoms with E-state index in [0.29, 0.717) is 12.0 Å². The summed E-state index contributed by atoms with van der Waals surface area (Å²) in [6, 6.07) is 8.80. The Morgan fingerprint density at radius 3 is 2.43 bits per heavy atom. The Morgan fingerprint density at radius 1 is 1.21 bits per heavy atom. The molecule has 0 spiro atoms. The molecule has 6 heteroatoms. The van der Waals surface area contributed by atoms with Crippen LogP contribution in [0.5, 0.6) is 0 Å². The summed E-state index contributed by atoms with van der Waals surface area (Å²) < 4.78 is 11.5. The van der Waals surface area contributed by atoms with Crippen LogP contribution in [-0.2, 0) is 14.0 Å². The number of hydrogen-bond donors (Lipinski definition) is 1. The summed E-state index contributed by atoms with van der Waals surface area (Å²) in [5.41, 5.74) is 0.507. The molecule has 1 saturated heterocycles. The first-order valence-corrected chi connectivity index (χ1v) is 12.6. The molecule has 0 saturated carbocycles. The van der Waals surface area contributed by atoms with Crippen LogP contribution in [0.1, 0.15) is 44.5 Å². The first-order valence-electron chi connectivity index (χ1n) is 9.69. The lowest BCUT2D eigenvalue weighted by Crippen LogP contribution is -2.63. The van der Waals surface area contributed by atoms with E-state index in [9.17, 15) is 9.59 Å². The van der Waals surface area contributed by atoms with Crippen molar-refractivity contribution in [2.75, 3.05) is 6.61 Å². The Bertz CT molecular complexity index is 758. The highest BCUT2D eigenvalue weighted by Gasteiger charge is 2.46. The van der Waals surface area contributed by atoms with Gasteiger partial charge in [0.25, 0.3) is 0 Å². The van der Waals surface area contributed by atoms with E-state index >= 15 is 0 Å². The van der Waals surface area contributed by atoms with Crippen LogP contribution >= 0.6 is 0 Å². The molecule has 1 fully saturated rings. The smallest absolute Gasteiger partial charge is 0.339 e. The van der Waals surface area contributed by atoms with Crippen LogP contribution in [0, 0.1) is 17.8 Å². The highest BCUT2D eigenvalue weighted by molar-refractivity contribution is 6.74. The number of nitrogens with one attached hydrogen (secondary N) is 1. The zero-order valence-electron chi connectivity index (χ0n) is 17.7. The van der Waals surface area contributed by atoms with Gasteiger partial charge in [0.1, 0.15) is 0 Å². The molecule has 1 aliphatic heterocycles. The molecule has 1 aromatic rings. The van der Waals surface area contributed by atoms with Crippen molar-refractivity contribution in [1.29, 1.82) is 0 Å². The molecule has 3 atom stereocenters. The van der Waals surface area contributed by atoms with Gasteiger partial charge in [-0.1, -0.05) is 50.8 Å². The summed E-state index contributed by atoms with van der Waals surface area (Å²) >= 11 is 0. The van der Waals surface area contributed by atoms with Gasteiger partial charge in [0.15, 0.2) is 14.9 Å². The van der Waals surface area contributed by atoms with Crippen molar-refractivity contribution in [2.24, 2.45) is 5.92 Å². The number of hydrogen-bond acceptors (Lipinski definition) is 4. The Hall–Kier alpha value is -2.10. The first kappa shape index (κ1) is 22.2. The number of β-lactam (4-membered cyclic amide) rings is 1. The predicted octanol–water partition coefficient (Wildman–Crippen LogP) is 3.76. The second kappa shape index (κ2) is 8.93. The summed E-state index contributed by atoms with van der Waals surface area (Å²) in [5, 5.41) is 3.01. The fourth-order valence-corrected chi connectivity index (χ4v) is 4.31. The summed E-state index contributed by atoms with van der Waals surface area (Å²) in [6.07, 6.45) is 0.377. The maximum absolute atomic E-state index is 12.1. The van der Waals surface area contributed by atoms with Crippen molar-refractivity contribution >= 4 is 20.2 Å². The Kier molecular flexibility index (Phi) is 7.08. The fourth-order valence-electron chi connectivity index (χ4n) is 2.88. The molecule has 1 amide bonds. The lowest BCUT2D eigenvalue weighted by atomic mass is 9.84. The third-order valence-electron chi connectivity index (χ3n) is 5.59. The van der Waals surface area contributed by atoms with Crippen molar-refractivity contribution < 1.29 is 18.8 Å². The fraction of sp³-hybridized carbons (Fsp3) is 0.545. The highest BCUT2D eigenvalue weighted by Crippen LogP contribution is 2.39. The van der Waals surface area contributed by atoms with Gasteiger partial charge in [-0.15, -0.1) is 0 Å². The number of rotatable bonds is 6. The zero-order chi connectivity index (χ0) is 20.9. The molecule has 1 aliphatic rings. The number of ether oxygens (including phenoxy) is 1. The third-order valence-corrected chi connectivity index (χ3v) is 10.2. The van der Waals surface area contributed by atoms with Gasteiger partial charge in [-0.3, -0.25) is 4.79 Å². The van der Waals surface area contributed by atoms with E-state index in [4.69, 9.17) is 9.16 Å².